The van der Waals surface area contributed by atoms with Gasteiger partial charge in [0.15, 0.2) is 0 Å². The van der Waals surface area contributed by atoms with Gasteiger partial charge in [0.1, 0.15) is 11.4 Å². The molecule has 21 heavy (non-hydrogen) atoms. The van der Waals surface area contributed by atoms with Crippen LogP contribution in [-0.2, 0) is 16.1 Å². The van der Waals surface area contributed by atoms with Crippen molar-refractivity contribution in [2.45, 2.75) is 18.9 Å². The second-order valence-corrected chi connectivity index (χ2v) is 6.07. The van der Waals surface area contributed by atoms with Crippen LogP contribution < -0.4 is 11.1 Å². The fourth-order valence-electron chi connectivity index (χ4n) is 2.65. The molecule has 1 aliphatic carbocycles. The van der Waals surface area contributed by atoms with Crippen molar-refractivity contribution < 1.29 is 4.79 Å². The number of likely N-dealkylation sites (N-methyl/N-ethyl adjacent to an activating group) is 1. The van der Waals surface area contributed by atoms with E-state index >= 15 is 0 Å². The monoisotopic (exact) mass is 305 g/mol. The van der Waals surface area contributed by atoms with Crippen LogP contribution in [0.4, 0.5) is 17.1 Å². The summed E-state index contributed by atoms with van der Waals surface area (Å²) in [6.45, 7) is 0.937. The average Bonchev–Trinajstić information content (AvgIpc) is 3.16. The number of hydrogen-bond donors (Lipinski definition) is 2. The molecule has 0 bridgehead atoms. The van der Waals surface area contributed by atoms with E-state index in [4.69, 9.17) is 5.73 Å². The lowest BCUT2D eigenvalue weighted by Gasteiger charge is -2.26. The molecule has 6 nitrogen and oxygen atoms in total. The third-order valence-corrected chi connectivity index (χ3v) is 4.47. The normalized spacial score (nSPS) is 17.5. The number of nitrogens with two attached hydrogens (primary N) is 1. The van der Waals surface area contributed by atoms with E-state index < -0.39 is 0 Å². The van der Waals surface area contributed by atoms with Crippen LogP contribution in [0, 0.1) is 5.92 Å². The fraction of sp³-hybridized carbons (Fsp3) is 0.500. The molecule has 0 radical (unpaired) electrons. The Morgan fingerprint density at radius 3 is 3.05 bits per heavy atom. The molecule has 1 fully saturated rings. The van der Waals surface area contributed by atoms with Crippen LogP contribution in [0.5, 0.6) is 0 Å². The molecule has 3 N–H and O–H groups in total. The van der Waals surface area contributed by atoms with E-state index in [1.165, 1.54) is 12.8 Å². The SMILES string of the molecule is CN(CC(=O)Nc1cccc2c1N=S=N2)C(CN)C1CC1. The predicted octanol–water partition coefficient (Wildman–Crippen LogP) is 2.02. The fourth-order valence-corrected chi connectivity index (χ4v) is 3.20. The number of benzene rings is 1. The van der Waals surface area contributed by atoms with E-state index in [-0.39, 0.29) is 5.91 Å². The van der Waals surface area contributed by atoms with Gasteiger partial charge in [0.25, 0.3) is 0 Å². The molecular weight excluding hydrogens is 286 g/mol. The highest BCUT2D eigenvalue weighted by Gasteiger charge is 2.33. The second-order valence-electron chi connectivity index (χ2n) is 5.54. The van der Waals surface area contributed by atoms with E-state index in [1.54, 1.807) is 0 Å². The first-order valence-corrected chi connectivity index (χ1v) is 7.83. The number of fused-ring (bicyclic) bond motifs is 1. The largest absolute Gasteiger partial charge is 0.329 e. The van der Waals surface area contributed by atoms with Crippen LogP contribution in [-0.4, -0.2) is 37.0 Å². The van der Waals surface area contributed by atoms with Gasteiger partial charge in [-0.15, -0.1) is 0 Å². The highest BCUT2D eigenvalue weighted by molar-refractivity contribution is 7.58. The Labute approximate surface area is 127 Å². The summed E-state index contributed by atoms with van der Waals surface area (Å²) in [6, 6.07) is 5.91. The van der Waals surface area contributed by atoms with Gasteiger partial charge in [-0.25, -0.2) is 0 Å². The summed E-state index contributed by atoms with van der Waals surface area (Å²) in [4.78, 5) is 14.3. The maximum atomic E-state index is 12.2. The van der Waals surface area contributed by atoms with Crippen molar-refractivity contribution in [2.75, 3.05) is 25.5 Å². The molecule has 1 atom stereocenters. The number of nitrogens with zero attached hydrogens (tertiary/aromatic N) is 3. The summed E-state index contributed by atoms with van der Waals surface area (Å²) in [5.74, 6) is 0.607. The molecule has 1 saturated carbocycles. The minimum Gasteiger partial charge on any atom is -0.329 e. The van der Waals surface area contributed by atoms with E-state index in [0.717, 1.165) is 28.4 Å². The average molecular weight is 305 g/mol. The van der Waals surface area contributed by atoms with Crippen LogP contribution in [0.1, 0.15) is 12.8 Å². The van der Waals surface area contributed by atoms with Gasteiger partial charge in [-0.05, 0) is 37.9 Å². The Morgan fingerprint density at radius 2 is 2.33 bits per heavy atom. The van der Waals surface area contributed by atoms with Gasteiger partial charge in [0.2, 0.25) is 5.91 Å². The topological polar surface area (TPSA) is 83.1 Å². The Balaban J connectivity index is 1.62. The smallest absolute Gasteiger partial charge is 0.238 e. The number of hydrogen-bond acceptors (Lipinski definition) is 5. The minimum atomic E-state index is -0.0444. The zero-order valence-corrected chi connectivity index (χ0v) is 12.8. The molecule has 112 valence electrons. The molecular formula is C14H19N5OS. The van der Waals surface area contributed by atoms with E-state index in [1.807, 2.05) is 30.1 Å². The predicted molar refractivity (Wildman–Crippen MR) is 84.8 cm³/mol. The summed E-state index contributed by atoms with van der Waals surface area (Å²) >= 11 is 1.15. The lowest BCUT2D eigenvalue weighted by molar-refractivity contribution is -0.117. The minimum absolute atomic E-state index is 0.0444. The second kappa shape index (κ2) is 6.05. The van der Waals surface area contributed by atoms with Crippen molar-refractivity contribution in [3.05, 3.63) is 18.2 Å². The molecule has 2 aliphatic rings. The van der Waals surface area contributed by atoms with E-state index in [9.17, 15) is 4.79 Å². The van der Waals surface area contributed by atoms with Crippen LogP contribution >= 0.6 is 0 Å². The van der Waals surface area contributed by atoms with Crippen molar-refractivity contribution in [3.63, 3.8) is 0 Å². The lowest BCUT2D eigenvalue weighted by atomic mass is 10.1. The Hall–Kier alpha value is -1.57. The van der Waals surface area contributed by atoms with Gasteiger partial charge in [0.05, 0.1) is 23.6 Å². The zero-order chi connectivity index (χ0) is 14.8. The first-order valence-electron chi connectivity index (χ1n) is 7.10. The lowest BCUT2D eigenvalue weighted by Crippen LogP contribution is -2.43. The van der Waals surface area contributed by atoms with Crippen molar-refractivity contribution in [2.24, 2.45) is 20.4 Å². The highest BCUT2D eigenvalue weighted by atomic mass is 32.1. The first kappa shape index (κ1) is 14.4. The molecule has 1 heterocycles. The van der Waals surface area contributed by atoms with Gasteiger partial charge in [0, 0.05) is 12.6 Å². The molecule has 1 aliphatic heterocycles. The van der Waals surface area contributed by atoms with Crippen LogP contribution in [0.25, 0.3) is 0 Å². The number of nitrogens with one attached hydrogen (secondary N) is 1. The van der Waals surface area contributed by atoms with Crippen molar-refractivity contribution in [1.82, 2.24) is 4.90 Å². The summed E-state index contributed by atoms with van der Waals surface area (Å²) < 4.78 is 8.40. The van der Waals surface area contributed by atoms with Gasteiger partial charge < -0.3 is 11.1 Å². The third kappa shape index (κ3) is 3.20. The molecule has 0 aromatic heterocycles. The summed E-state index contributed by atoms with van der Waals surface area (Å²) in [5, 5.41) is 2.92. The molecule has 7 heteroatoms. The number of rotatable bonds is 6. The Kier molecular flexibility index (Phi) is 4.14. The van der Waals surface area contributed by atoms with Crippen molar-refractivity contribution >= 4 is 34.3 Å². The van der Waals surface area contributed by atoms with Gasteiger partial charge in [-0.2, -0.15) is 8.73 Å². The molecule has 1 aromatic carbocycles. The molecule has 3 rings (SSSR count). The number of amides is 1. The Bertz CT molecular complexity index is 622. The zero-order valence-electron chi connectivity index (χ0n) is 12.0. The Morgan fingerprint density at radius 1 is 1.52 bits per heavy atom. The molecule has 1 aromatic rings. The van der Waals surface area contributed by atoms with Gasteiger partial charge >= 0.3 is 0 Å². The standard InChI is InChI=1S/C14H19N5OS/c1-19(12(7-15)9-5-6-9)8-13(20)16-10-3-2-4-11-14(10)18-21-17-11/h2-4,9,12H,5-8,15H2,1H3,(H,16,20). The number of carbonyl (C=O) groups excluding carboxylic acids is 1. The van der Waals surface area contributed by atoms with Gasteiger partial charge in [-0.1, -0.05) is 6.07 Å². The first-order chi connectivity index (χ1) is 10.2. The van der Waals surface area contributed by atoms with Crippen LogP contribution in [0.15, 0.2) is 26.9 Å². The maximum absolute atomic E-state index is 12.2. The summed E-state index contributed by atoms with van der Waals surface area (Å²) in [6.07, 6.45) is 2.44. The highest BCUT2D eigenvalue weighted by Crippen LogP contribution is 2.38. The molecule has 0 saturated heterocycles. The van der Waals surface area contributed by atoms with Crippen molar-refractivity contribution in [1.29, 1.82) is 0 Å². The molecule has 0 spiro atoms. The van der Waals surface area contributed by atoms with Crippen LogP contribution in [0.3, 0.4) is 0 Å². The number of anilines is 1. The molecule has 1 amide bonds. The van der Waals surface area contributed by atoms with Gasteiger partial charge in [-0.3, -0.25) is 9.69 Å². The summed E-state index contributed by atoms with van der Waals surface area (Å²) in [5.41, 5.74) is 8.09. The number of carbonyl (C=O) groups is 1. The quantitative estimate of drug-likeness (QED) is 0.856. The third-order valence-electron chi connectivity index (χ3n) is 3.93. The van der Waals surface area contributed by atoms with E-state index in [2.05, 4.69) is 14.0 Å². The maximum Gasteiger partial charge on any atom is 0.238 e. The van der Waals surface area contributed by atoms with Crippen molar-refractivity contribution in [3.8, 4) is 0 Å². The molecule has 1 unspecified atom stereocenters. The van der Waals surface area contributed by atoms with E-state index in [0.29, 0.717) is 25.0 Å². The summed E-state index contributed by atoms with van der Waals surface area (Å²) in [7, 11) is 1.96. The van der Waals surface area contributed by atoms with Crippen LogP contribution in [0.2, 0.25) is 0 Å².